The van der Waals surface area contributed by atoms with Crippen LogP contribution in [0.4, 0.5) is 0 Å². The van der Waals surface area contributed by atoms with E-state index in [0.29, 0.717) is 5.92 Å². The Labute approximate surface area is 122 Å². The fourth-order valence-corrected chi connectivity index (χ4v) is 3.84. The molecule has 1 aliphatic carbocycles. The number of fused-ring (bicyclic) bond motifs is 1. The molecule has 0 amide bonds. The van der Waals surface area contributed by atoms with Gasteiger partial charge < -0.3 is 9.84 Å². The molecule has 0 radical (unpaired) electrons. The van der Waals surface area contributed by atoms with Crippen molar-refractivity contribution in [3.05, 3.63) is 35.4 Å². The van der Waals surface area contributed by atoms with E-state index in [-0.39, 0.29) is 11.7 Å². The second kappa shape index (κ2) is 5.87. The quantitative estimate of drug-likeness (QED) is 0.908. The van der Waals surface area contributed by atoms with Crippen molar-refractivity contribution in [1.82, 2.24) is 0 Å². The molecule has 3 unspecified atom stereocenters. The summed E-state index contributed by atoms with van der Waals surface area (Å²) >= 11 is 0. The van der Waals surface area contributed by atoms with Crippen molar-refractivity contribution in [2.45, 2.75) is 69.5 Å². The van der Waals surface area contributed by atoms with E-state index in [4.69, 9.17) is 4.74 Å². The Kier molecular flexibility index (Phi) is 4.13. The topological polar surface area (TPSA) is 29.5 Å². The number of aryl methyl sites for hydroxylation is 1. The number of hydrogen-bond donors (Lipinski definition) is 1. The number of rotatable bonds is 3. The SMILES string of the molecule is CC1(C(O)CC2CCCc3ccccc32)CCCCO1. The third-order valence-electron chi connectivity index (χ3n) is 5.21. The van der Waals surface area contributed by atoms with Crippen molar-refractivity contribution in [1.29, 1.82) is 0 Å². The zero-order chi connectivity index (χ0) is 14.0. The van der Waals surface area contributed by atoms with Crippen LogP contribution in [0.5, 0.6) is 0 Å². The fourth-order valence-electron chi connectivity index (χ4n) is 3.84. The first-order chi connectivity index (χ1) is 9.69. The highest BCUT2D eigenvalue weighted by atomic mass is 16.5. The summed E-state index contributed by atoms with van der Waals surface area (Å²) in [5.74, 6) is 0.498. The van der Waals surface area contributed by atoms with Crippen LogP contribution in [0.25, 0.3) is 0 Å². The van der Waals surface area contributed by atoms with E-state index in [1.165, 1.54) is 36.8 Å². The van der Waals surface area contributed by atoms with E-state index in [9.17, 15) is 5.11 Å². The van der Waals surface area contributed by atoms with Crippen molar-refractivity contribution in [3.63, 3.8) is 0 Å². The number of aliphatic hydroxyl groups excluding tert-OH is 1. The average molecular weight is 274 g/mol. The Morgan fingerprint density at radius 1 is 1.30 bits per heavy atom. The lowest BCUT2D eigenvalue weighted by molar-refractivity contribution is -0.139. The van der Waals surface area contributed by atoms with Crippen LogP contribution < -0.4 is 0 Å². The molecule has 2 nitrogen and oxygen atoms in total. The van der Waals surface area contributed by atoms with Crippen LogP contribution in [0.15, 0.2) is 24.3 Å². The van der Waals surface area contributed by atoms with Gasteiger partial charge >= 0.3 is 0 Å². The van der Waals surface area contributed by atoms with Crippen LogP contribution in [0.3, 0.4) is 0 Å². The van der Waals surface area contributed by atoms with Gasteiger partial charge in [0.1, 0.15) is 0 Å². The molecule has 0 aromatic heterocycles. The standard InChI is InChI=1S/C18H26O2/c1-18(11-4-5-12-20-18)17(19)13-15-9-6-8-14-7-2-3-10-16(14)15/h2-3,7,10,15,17,19H,4-6,8-9,11-13H2,1H3. The molecule has 0 saturated carbocycles. The lowest BCUT2D eigenvalue weighted by Crippen LogP contribution is -2.45. The predicted molar refractivity (Wildman–Crippen MR) is 81.0 cm³/mol. The Morgan fingerprint density at radius 3 is 2.95 bits per heavy atom. The summed E-state index contributed by atoms with van der Waals surface area (Å²) in [7, 11) is 0. The van der Waals surface area contributed by atoms with E-state index < -0.39 is 0 Å². The number of benzene rings is 1. The van der Waals surface area contributed by atoms with Crippen molar-refractivity contribution in [2.75, 3.05) is 6.61 Å². The van der Waals surface area contributed by atoms with Gasteiger partial charge in [0.15, 0.2) is 0 Å². The Balaban J connectivity index is 1.72. The zero-order valence-corrected chi connectivity index (χ0v) is 12.5. The molecule has 20 heavy (non-hydrogen) atoms. The minimum Gasteiger partial charge on any atom is -0.390 e. The maximum atomic E-state index is 10.7. The molecule has 1 saturated heterocycles. The van der Waals surface area contributed by atoms with Crippen molar-refractivity contribution >= 4 is 0 Å². The van der Waals surface area contributed by atoms with Crippen LogP contribution in [-0.2, 0) is 11.2 Å². The molecular formula is C18H26O2. The highest BCUT2D eigenvalue weighted by Crippen LogP contribution is 2.38. The van der Waals surface area contributed by atoms with E-state index in [1.807, 2.05) is 0 Å². The van der Waals surface area contributed by atoms with E-state index in [1.54, 1.807) is 0 Å². The van der Waals surface area contributed by atoms with Crippen molar-refractivity contribution in [2.24, 2.45) is 0 Å². The van der Waals surface area contributed by atoms with Crippen LogP contribution in [0.2, 0.25) is 0 Å². The summed E-state index contributed by atoms with van der Waals surface area (Å²) < 4.78 is 5.91. The monoisotopic (exact) mass is 274 g/mol. The van der Waals surface area contributed by atoms with Gasteiger partial charge in [-0.15, -0.1) is 0 Å². The fraction of sp³-hybridized carbons (Fsp3) is 0.667. The zero-order valence-electron chi connectivity index (χ0n) is 12.5. The molecule has 110 valence electrons. The highest BCUT2D eigenvalue weighted by Gasteiger charge is 2.37. The molecule has 2 aliphatic rings. The number of aliphatic hydroxyl groups is 1. The number of ether oxygens (including phenoxy) is 1. The molecule has 3 rings (SSSR count). The minimum atomic E-state index is -0.348. The second-order valence-electron chi connectivity index (χ2n) is 6.66. The van der Waals surface area contributed by atoms with Crippen molar-refractivity contribution < 1.29 is 9.84 Å². The molecule has 2 heteroatoms. The van der Waals surface area contributed by atoms with Gasteiger partial charge in [-0.25, -0.2) is 0 Å². The van der Waals surface area contributed by atoms with Gasteiger partial charge in [0.25, 0.3) is 0 Å². The molecule has 0 bridgehead atoms. The molecule has 3 atom stereocenters. The first-order valence-corrected chi connectivity index (χ1v) is 8.09. The molecule has 1 aliphatic heterocycles. The third kappa shape index (κ3) is 2.77. The molecule has 0 spiro atoms. The van der Waals surface area contributed by atoms with E-state index in [2.05, 4.69) is 31.2 Å². The van der Waals surface area contributed by atoms with Gasteiger partial charge in [0.05, 0.1) is 11.7 Å². The predicted octanol–water partition coefficient (Wildman–Crippen LogP) is 3.82. The first-order valence-electron chi connectivity index (χ1n) is 8.09. The number of hydrogen-bond acceptors (Lipinski definition) is 2. The molecule has 1 aromatic rings. The van der Waals surface area contributed by atoms with Gasteiger partial charge in [-0.1, -0.05) is 24.3 Å². The highest BCUT2D eigenvalue weighted by molar-refractivity contribution is 5.32. The maximum Gasteiger partial charge on any atom is 0.0912 e. The molecular weight excluding hydrogens is 248 g/mol. The average Bonchev–Trinajstić information content (AvgIpc) is 2.48. The summed E-state index contributed by atoms with van der Waals surface area (Å²) in [5, 5.41) is 10.7. The van der Waals surface area contributed by atoms with Gasteiger partial charge in [0, 0.05) is 6.61 Å². The van der Waals surface area contributed by atoms with Crippen LogP contribution in [0, 0.1) is 0 Å². The maximum absolute atomic E-state index is 10.7. The van der Waals surface area contributed by atoms with Crippen LogP contribution in [0.1, 0.15) is 62.5 Å². The lowest BCUT2D eigenvalue weighted by atomic mass is 9.76. The molecule has 1 heterocycles. The summed E-state index contributed by atoms with van der Waals surface area (Å²) in [4.78, 5) is 0. The summed E-state index contributed by atoms with van der Waals surface area (Å²) in [6.07, 6.45) is 7.42. The van der Waals surface area contributed by atoms with Crippen molar-refractivity contribution in [3.8, 4) is 0 Å². The van der Waals surface area contributed by atoms with Gasteiger partial charge in [0.2, 0.25) is 0 Å². The summed E-state index contributed by atoms with van der Waals surface area (Å²) in [5.41, 5.74) is 2.60. The van der Waals surface area contributed by atoms with Gasteiger partial charge in [-0.3, -0.25) is 0 Å². The Hall–Kier alpha value is -0.860. The van der Waals surface area contributed by atoms with E-state index in [0.717, 1.165) is 25.9 Å². The van der Waals surface area contributed by atoms with E-state index >= 15 is 0 Å². The smallest absolute Gasteiger partial charge is 0.0912 e. The summed E-state index contributed by atoms with van der Waals surface area (Å²) in [6, 6.07) is 8.74. The third-order valence-corrected chi connectivity index (χ3v) is 5.21. The summed E-state index contributed by atoms with van der Waals surface area (Å²) in [6.45, 7) is 2.89. The normalized spacial score (nSPS) is 31.6. The molecule has 1 aromatic carbocycles. The largest absolute Gasteiger partial charge is 0.390 e. The lowest BCUT2D eigenvalue weighted by Gasteiger charge is -2.40. The Bertz CT molecular complexity index is 448. The molecule has 1 N–H and O–H groups in total. The van der Waals surface area contributed by atoms with Crippen LogP contribution >= 0.6 is 0 Å². The molecule has 1 fully saturated rings. The first kappa shape index (κ1) is 14.1. The minimum absolute atomic E-state index is 0.329. The van der Waals surface area contributed by atoms with Crippen LogP contribution in [-0.4, -0.2) is 23.4 Å². The van der Waals surface area contributed by atoms with Gasteiger partial charge in [-0.2, -0.15) is 0 Å². The van der Waals surface area contributed by atoms with Gasteiger partial charge in [-0.05, 0) is 68.9 Å². The Morgan fingerprint density at radius 2 is 2.15 bits per heavy atom. The second-order valence-corrected chi connectivity index (χ2v) is 6.66.